The molecular formula is C14H16ClFN2O2. The van der Waals surface area contributed by atoms with Crippen molar-refractivity contribution in [2.45, 2.75) is 19.5 Å². The molecular weight excluding hydrogens is 283 g/mol. The Morgan fingerprint density at radius 1 is 1.50 bits per heavy atom. The number of benzene rings is 1. The third-order valence-corrected chi connectivity index (χ3v) is 3.60. The van der Waals surface area contributed by atoms with E-state index in [4.69, 9.17) is 4.74 Å². The van der Waals surface area contributed by atoms with Crippen molar-refractivity contribution in [1.82, 2.24) is 9.88 Å². The van der Waals surface area contributed by atoms with Crippen molar-refractivity contribution < 1.29 is 13.9 Å². The van der Waals surface area contributed by atoms with Gasteiger partial charge in [-0.1, -0.05) is 0 Å². The van der Waals surface area contributed by atoms with Gasteiger partial charge in [-0.15, -0.1) is 12.4 Å². The number of aromatic nitrogens is 1. The number of carbonyl (C=O) groups is 1. The fourth-order valence-electron chi connectivity index (χ4n) is 2.73. The van der Waals surface area contributed by atoms with Gasteiger partial charge in [0.1, 0.15) is 12.4 Å². The first kappa shape index (κ1) is 14.8. The van der Waals surface area contributed by atoms with E-state index in [2.05, 4.69) is 5.32 Å². The number of nitrogens with one attached hydrogen (secondary N) is 1. The van der Waals surface area contributed by atoms with Crippen LogP contribution in [0.2, 0.25) is 0 Å². The Kier molecular flexibility index (Phi) is 4.30. The molecule has 2 aromatic rings. The molecule has 0 radical (unpaired) electrons. The van der Waals surface area contributed by atoms with Gasteiger partial charge in [-0.3, -0.25) is 4.79 Å². The van der Waals surface area contributed by atoms with Crippen molar-refractivity contribution in [2.75, 3.05) is 13.7 Å². The highest BCUT2D eigenvalue weighted by atomic mass is 35.5. The average molecular weight is 299 g/mol. The fraction of sp³-hybridized carbons (Fsp3) is 0.357. The van der Waals surface area contributed by atoms with Crippen LogP contribution >= 0.6 is 12.4 Å². The predicted octanol–water partition coefficient (Wildman–Crippen LogP) is 2.02. The Labute approximate surface area is 122 Å². The summed E-state index contributed by atoms with van der Waals surface area (Å²) in [7, 11) is 1.38. The van der Waals surface area contributed by atoms with Crippen LogP contribution in [0.5, 0.6) is 0 Å². The van der Waals surface area contributed by atoms with Crippen LogP contribution in [0, 0.1) is 5.82 Å². The van der Waals surface area contributed by atoms with Crippen LogP contribution in [0.15, 0.2) is 18.2 Å². The lowest BCUT2D eigenvalue weighted by Gasteiger charge is -2.16. The molecule has 1 aliphatic heterocycles. The fourth-order valence-corrected chi connectivity index (χ4v) is 2.73. The van der Waals surface area contributed by atoms with Crippen molar-refractivity contribution >= 4 is 29.3 Å². The van der Waals surface area contributed by atoms with Crippen molar-refractivity contribution in [2.24, 2.45) is 0 Å². The molecule has 0 saturated heterocycles. The summed E-state index contributed by atoms with van der Waals surface area (Å²) in [6.45, 7) is 1.75. The number of ether oxygens (including phenoxy) is 1. The Morgan fingerprint density at radius 2 is 2.30 bits per heavy atom. The zero-order valence-electron chi connectivity index (χ0n) is 11.1. The van der Waals surface area contributed by atoms with Crippen molar-refractivity contribution in [1.29, 1.82) is 0 Å². The standard InChI is InChI=1S/C14H15FN2O2.ClH/c1-19-14(18)8-17-12-3-2-9(15)6-10(12)11-7-16-5-4-13(11)17;/h2-3,6,16H,4-5,7-8H2,1H3;1H. The van der Waals surface area contributed by atoms with Crippen LogP contribution in [0.25, 0.3) is 10.9 Å². The summed E-state index contributed by atoms with van der Waals surface area (Å²) in [4.78, 5) is 11.5. The molecule has 3 rings (SSSR count). The highest BCUT2D eigenvalue weighted by Crippen LogP contribution is 2.29. The van der Waals surface area contributed by atoms with Crippen molar-refractivity contribution in [3.05, 3.63) is 35.3 Å². The maximum atomic E-state index is 13.4. The molecule has 1 aromatic carbocycles. The van der Waals surface area contributed by atoms with E-state index in [-0.39, 0.29) is 30.7 Å². The number of methoxy groups -OCH3 is 1. The molecule has 6 heteroatoms. The highest BCUT2D eigenvalue weighted by molar-refractivity contribution is 5.87. The number of esters is 1. The van der Waals surface area contributed by atoms with Gasteiger partial charge in [-0.05, 0) is 23.8 Å². The summed E-state index contributed by atoms with van der Waals surface area (Å²) in [6.07, 6.45) is 0.836. The van der Waals surface area contributed by atoms with Gasteiger partial charge in [-0.25, -0.2) is 4.39 Å². The summed E-state index contributed by atoms with van der Waals surface area (Å²) >= 11 is 0. The topological polar surface area (TPSA) is 43.3 Å². The first-order chi connectivity index (χ1) is 9.20. The lowest BCUT2D eigenvalue weighted by molar-refractivity contribution is -0.141. The Balaban J connectivity index is 0.00000147. The van der Waals surface area contributed by atoms with E-state index < -0.39 is 0 Å². The van der Waals surface area contributed by atoms with Crippen LogP contribution in [0.1, 0.15) is 11.3 Å². The van der Waals surface area contributed by atoms with Crippen LogP contribution in [-0.4, -0.2) is 24.2 Å². The molecule has 0 aliphatic carbocycles. The number of hydrogen-bond acceptors (Lipinski definition) is 3. The van der Waals surface area contributed by atoms with Crippen molar-refractivity contribution in [3.63, 3.8) is 0 Å². The number of halogens is 2. The van der Waals surface area contributed by atoms with E-state index in [1.807, 2.05) is 4.57 Å². The van der Waals surface area contributed by atoms with Crippen molar-refractivity contribution in [3.8, 4) is 0 Å². The number of rotatable bonds is 2. The molecule has 4 nitrogen and oxygen atoms in total. The molecule has 0 spiro atoms. The molecule has 1 aromatic heterocycles. The van der Waals surface area contributed by atoms with E-state index in [9.17, 15) is 9.18 Å². The lowest BCUT2D eigenvalue weighted by atomic mass is 10.1. The van der Waals surface area contributed by atoms with Crippen LogP contribution in [-0.2, 0) is 29.0 Å². The monoisotopic (exact) mass is 298 g/mol. The van der Waals surface area contributed by atoms with Crippen LogP contribution < -0.4 is 5.32 Å². The summed E-state index contributed by atoms with van der Waals surface area (Å²) < 4.78 is 20.1. The van der Waals surface area contributed by atoms with E-state index >= 15 is 0 Å². The largest absolute Gasteiger partial charge is 0.468 e. The maximum Gasteiger partial charge on any atom is 0.325 e. The molecule has 2 heterocycles. The second-order valence-electron chi connectivity index (χ2n) is 4.68. The van der Waals surface area contributed by atoms with Gasteiger partial charge >= 0.3 is 5.97 Å². The SMILES string of the molecule is COC(=O)Cn1c2c(c3cc(F)ccc31)CNCC2.Cl. The molecule has 0 saturated carbocycles. The van der Waals surface area contributed by atoms with Gasteiger partial charge in [-0.2, -0.15) is 0 Å². The first-order valence-corrected chi connectivity index (χ1v) is 6.27. The molecule has 1 N–H and O–H groups in total. The van der Waals surface area contributed by atoms with Crippen LogP contribution in [0.3, 0.4) is 0 Å². The zero-order valence-corrected chi connectivity index (χ0v) is 11.9. The van der Waals surface area contributed by atoms with Gasteiger partial charge in [0, 0.05) is 36.1 Å². The third-order valence-electron chi connectivity index (χ3n) is 3.60. The molecule has 0 fully saturated rings. The smallest absolute Gasteiger partial charge is 0.325 e. The molecule has 20 heavy (non-hydrogen) atoms. The Morgan fingerprint density at radius 3 is 3.05 bits per heavy atom. The maximum absolute atomic E-state index is 13.4. The molecule has 1 aliphatic rings. The highest BCUT2D eigenvalue weighted by Gasteiger charge is 2.21. The molecule has 0 bridgehead atoms. The number of fused-ring (bicyclic) bond motifs is 3. The minimum Gasteiger partial charge on any atom is -0.468 e. The summed E-state index contributed by atoms with van der Waals surface area (Å²) in [5.41, 5.74) is 3.08. The second-order valence-corrected chi connectivity index (χ2v) is 4.68. The zero-order chi connectivity index (χ0) is 13.4. The predicted molar refractivity (Wildman–Crippen MR) is 76.6 cm³/mol. The van der Waals surface area contributed by atoms with Gasteiger partial charge in [0.15, 0.2) is 0 Å². The van der Waals surface area contributed by atoms with Gasteiger partial charge < -0.3 is 14.6 Å². The van der Waals surface area contributed by atoms with E-state index in [1.54, 1.807) is 6.07 Å². The molecule has 0 atom stereocenters. The van der Waals surface area contributed by atoms with Gasteiger partial charge in [0.2, 0.25) is 0 Å². The Bertz CT molecular complexity index is 654. The van der Waals surface area contributed by atoms with E-state index in [0.29, 0.717) is 6.54 Å². The molecule has 0 amide bonds. The summed E-state index contributed by atoms with van der Waals surface area (Å²) in [5, 5.41) is 4.16. The number of hydrogen-bond donors (Lipinski definition) is 1. The minimum atomic E-state index is -0.289. The Hall–Kier alpha value is -1.59. The molecule has 108 valence electrons. The van der Waals surface area contributed by atoms with Gasteiger partial charge in [0.05, 0.1) is 7.11 Å². The lowest BCUT2D eigenvalue weighted by Crippen LogP contribution is -2.25. The van der Waals surface area contributed by atoms with E-state index in [0.717, 1.165) is 35.1 Å². The first-order valence-electron chi connectivity index (χ1n) is 6.27. The van der Waals surface area contributed by atoms with Crippen LogP contribution in [0.4, 0.5) is 4.39 Å². The average Bonchev–Trinajstić information content (AvgIpc) is 2.73. The van der Waals surface area contributed by atoms with Gasteiger partial charge in [0.25, 0.3) is 0 Å². The molecule has 0 unspecified atom stereocenters. The summed E-state index contributed by atoms with van der Waals surface area (Å²) in [6, 6.07) is 4.69. The quantitative estimate of drug-likeness (QED) is 0.863. The normalized spacial score (nSPS) is 13.7. The summed E-state index contributed by atoms with van der Waals surface area (Å²) in [5.74, 6) is -0.543. The number of nitrogens with zero attached hydrogens (tertiary/aromatic N) is 1. The second kappa shape index (κ2) is 5.81. The third kappa shape index (κ3) is 2.39. The minimum absolute atomic E-state index is 0. The van der Waals surface area contributed by atoms with E-state index in [1.165, 1.54) is 19.2 Å². The number of carbonyl (C=O) groups excluding carboxylic acids is 1.